The van der Waals surface area contributed by atoms with Gasteiger partial charge in [-0.3, -0.25) is 0 Å². The van der Waals surface area contributed by atoms with Crippen LogP contribution in [0.25, 0.3) is 0 Å². The number of hydrogen-bond acceptors (Lipinski definition) is 5. The summed E-state index contributed by atoms with van der Waals surface area (Å²) in [5.74, 6) is 0.368. The molecule has 0 aromatic carbocycles. The van der Waals surface area contributed by atoms with E-state index in [4.69, 9.17) is 0 Å². The topological polar surface area (TPSA) is 80.3 Å². The molecule has 5 nitrogen and oxygen atoms in total. The average molecular weight is 297 g/mol. The predicted molar refractivity (Wildman–Crippen MR) is 73.2 cm³/mol. The second-order valence-corrected chi connectivity index (χ2v) is 9.84. The minimum atomic E-state index is -3.04. The fourth-order valence-corrected chi connectivity index (χ4v) is 5.36. The van der Waals surface area contributed by atoms with E-state index < -0.39 is 25.1 Å². The molecule has 1 unspecified atom stereocenters. The highest BCUT2D eigenvalue weighted by Crippen LogP contribution is 2.35. The predicted octanol–water partition coefficient (Wildman–Crippen LogP) is 0.226. The minimum absolute atomic E-state index is 0.0658. The number of sulfone groups is 2. The maximum absolute atomic E-state index is 11.6. The van der Waals surface area contributed by atoms with Crippen LogP contribution in [0.2, 0.25) is 0 Å². The molecule has 1 aliphatic heterocycles. The van der Waals surface area contributed by atoms with Crippen molar-refractivity contribution in [2.24, 2.45) is 5.41 Å². The average Bonchev–Trinajstić information content (AvgIpc) is 2.52. The molecule has 18 heavy (non-hydrogen) atoms. The van der Waals surface area contributed by atoms with E-state index in [-0.39, 0.29) is 17.3 Å². The van der Waals surface area contributed by atoms with Gasteiger partial charge in [-0.2, -0.15) is 0 Å². The van der Waals surface area contributed by atoms with Crippen molar-refractivity contribution in [1.82, 2.24) is 5.32 Å². The first-order valence-electron chi connectivity index (χ1n) is 6.27. The Morgan fingerprint density at radius 1 is 1.33 bits per heavy atom. The molecule has 1 saturated heterocycles. The van der Waals surface area contributed by atoms with E-state index in [0.717, 1.165) is 13.0 Å². The zero-order valence-electron chi connectivity index (χ0n) is 11.1. The number of hydrogen-bond donors (Lipinski definition) is 1. The lowest BCUT2D eigenvalue weighted by Gasteiger charge is -2.27. The molecule has 7 heteroatoms. The van der Waals surface area contributed by atoms with Crippen LogP contribution in [0.4, 0.5) is 0 Å². The molecule has 1 atom stereocenters. The zero-order chi connectivity index (χ0) is 13.9. The van der Waals surface area contributed by atoms with Crippen LogP contribution in [0.15, 0.2) is 0 Å². The SMILES string of the molecule is CCCNCC1(CCS(C)(=O)=O)CCS(=O)(=O)C1. The van der Waals surface area contributed by atoms with E-state index in [9.17, 15) is 16.8 Å². The third-order valence-electron chi connectivity index (χ3n) is 3.40. The molecule has 1 heterocycles. The Labute approximate surface area is 110 Å². The van der Waals surface area contributed by atoms with Gasteiger partial charge in [0.15, 0.2) is 9.84 Å². The molecular weight excluding hydrogens is 274 g/mol. The summed E-state index contributed by atoms with van der Waals surface area (Å²) < 4.78 is 45.8. The highest BCUT2D eigenvalue weighted by Gasteiger charge is 2.41. The van der Waals surface area contributed by atoms with E-state index in [0.29, 0.717) is 19.4 Å². The van der Waals surface area contributed by atoms with Gasteiger partial charge in [0, 0.05) is 12.8 Å². The molecule has 0 saturated carbocycles. The Kier molecular flexibility index (Phi) is 5.20. The summed E-state index contributed by atoms with van der Waals surface area (Å²) in [6, 6.07) is 0. The van der Waals surface area contributed by atoms with Crippen molar-refractivity contribution in [3.05, 3.63) is 0 Å². The van der Waals surface area contributed by atoms with Gasteiger partial charge in [-0.1, -0.05) is 6.92 Å². The van der Waals surface area contributed by atoms with E-state index in [2.05, 4.69) is 5.32 Å². The fraction of sp³-hybridized carbons (Fsp3) is 1.00. The molecule has 0 aromatic heterocycles. The van der Waals surface area contributed by atoms with Crippen molar-refractivity contribution >= 4 is 19.7 Å². The quantitative estimate of drug-likeness (QED) is 0.680. The van der Waals surface area contributed by atoms with Gasteiger partial charge in [0.05, 0.1) is 17.3 Å². The molecule has 0 aliphatic carbocycles. The lowest BCUT2D eigenvalue weighted by Crippen LogP contribution is -2.37. The van der Waals surface area contributed by atoms with Gasteiger partial charge in [0.2, 0.25) is 0 Å². The molecule has 1 aliphatic rings. The van der Waals surface area contributed by atoms with Gasteiger partial charge in [-0.05, 0) is 31.2 Å². The second kappa shape index (κ2) is 5.88. The van der Waals surface area contributed by atoms with Crippen molar-refractivity contribution in [3.8, 4) is 0 Å². The van der Waals surface area contributed by atoms with Gasteiger partial charge < -0.3 is 5.32 Å². The Balaban J connectivity index is 2.70. The van der Waals surface area contributed by atoms with Gasteiger partial charge in [0.25, 0.3) is 0 Å². The summed E-state index contributed by atoms with van der Waals surface area (Å²) >= 11 is 0. The molecule has 0 aromatic rings. The third kappa shape index (κ3) is 5.24. The number of rotatable bonds is 7. The van der Waals surface area contributed by atoms with Crippen LogP contribution >= 0.6 is 0 Å². The number of nitrogens with one attached hydrogen (secondary N) is 1. The molecule has 0 spiro atoms. The minimum Gasteiger partial charge on any atom is -0.316 e. The van der Waals surface area contributed by atoms with E-state index in [1.165, 1.54) is 6.26 Å². The van der Waals surface area contributed by atoms with Crippen LogP contribution in [0.5, 0.6) is 0 Å². The van der Waals surface area contributed by atoms with Crippen molar-refractivity contribution in [1.29, 1.82) is 0 Å². The summed E-state index contributed by atoms with van der Waals surface area (Å²) in [5.41, 5.74) is -0.392. The largest absolute Gasteiger partial charge is 0.316 e. The molecule has 1 rings (SSSR count). The van der Waals surface area contributed by atoms with Crippen LogP contribution in [0, 0.1) is 5.41 Å². The maximum Gasteiger partial charge on any atom is 0.150 e. The maximum atomic E-state index is 11.6. The van der Waals surface area contributed by atoms with E-state index in [1.807, 2.05) is 6.92 Å². The fourth-order valence-electron chi connectivity index (χ4n) is 2.34. The molecule has 1 fully saturated rings. The Morgan fingerprint density at radius 2 is 2.00 bits per heavy atom. The third-order valence-corrected chi connectivity index (χ3v) is 6.22. The molecule has 0 bridgehead atoms. The van der Waals surface area contributed by atoms with Crippen molar-refractivity contribution in [3.63, 3.8) is 0 Å². The summed E-state index contributed by atoms with van der Waals surface area (Å²) in [4.78, 5) is 0. The molecule has 0 radical (unpaired) electrons. The summed E-state index contributed by atoms with van der Waals surface area (Å²) in [6.45, 7) is 3.47. The lowest BCUT2D eigenvalue weighted by molar-refractivity contribution is 0.303. The van der Waals surface area contributed by atoms with E-state index in [1.54, 1.807) is 0 Å². The van der Waals surface area contributed by atoms with Gasteiger partial charge in [-0.15, -0.1) is 0 Å². The van der Waals surface area contributed by atoms with Crippen molar-refractivity contribution in [2.45, 2.75) is 26.2 Å². The van der Waals surface area contributed by atoms with Crippen LogP contribution in [0.3, 0.4) is 0 Å². The van der Waals surface area contributed by atoms with Crippen molar-refractivity contribution < 1.29 is 16.8 Å². The Hall–Kier alpha value is -0.140. The van der Waals surface area contributed by atoms with Crippen LogP contribution in [-0.4, -0.2) is 53.4 Å². The highest BCUT2D eigenvalue weighted by atomic mass is 32.2. The summed E-state index contributed by atoms with van der Waals surface area (Å²) in [7, 11) is -6.03. The summed E-state index contributed by atoms with van der Waals surface area (Å²) in [5, 5.41) is 3.23. The smallest absolute Gasteiger partial charge is 0.150 e. The van der Waals surface area contributed by atoms with Gasteiger partial charge >= 0.3 is 0 Å². The molecule has 1 N–H and O–H groups in total. The zero-order valence-corrected chi connectivity index (χ0v) is 12.7. The molecule has 108 valence electrons. The van der Waals surface area contributed by atoms with Gasteiger partial charge in [0.1, 0.15) is 9.84 Å². The summed E-state index contributed by atoms with van der Waals surface area (Å²) in [6.07, 6.45) is 3.18. The highest BCUT2D eigenvalue weighted by molar-refractivity contribution is 7.91. The van der Waals surface area contributed by atoms with Crippen LogP contribution in [0.1, 0.15) is 26.2 Å². The Bertz CT molecular complexity index is 469. The monoisotopic (exact) mass is 297 g/mol. The first-order valence-corrected chi connectivity index (χ1v) is 10.2. The molecular formula is C11H23NO4S2. The Morgan fingerprint density at radius 3 is 2.44 bits per heavy atom. The van der Waals surface area contributed by atoms with Gasteiger partial charge in [-0.25, -0.2) is 16.8 Å². The first kappa shape index (κ1) is 15.9. The first-order chi connectivity index (χ1) is 8.18. The second-order valence-electron chi connectivity index (χ2n) is 5.40. The normalized spacial score (nSPS) is 27.4. The van der Waals surface area contributed by atoms with Crippen molar-refractivity contribution in [2.75, 3.05) is 36.6 Å². The standard InChI is InChI=1S/C11H23NO4S2/c1-3-6-12-9-11(4-7-17(2,13)14)5-8-18(15,16)10-11/h12H,3-10H2,1-2H3. The van der Waals surface area contributed by atoms with Crippen LogP contribution < -0.4 is 5.32 Å². The molecule has 0 amide bonds. The van der Waals surface area contributed by atoms with Crippen LogP contribution in [-0.2, 0) is 19.7 Å². The van der Waals surface area contributed by atoms with E-state index >= 15 is 0 Å². The lowest BCUT2D eigenvalue weighted by atomic mass is 9.84.